The van der Waals surface area contributed by atoms with Gasteiger partial charge in [0.1, 0.15) is 5.82 Å². The smallest absolute Gasteiger partial charge is 0.270 e. The summed E-state index contributed by atoms with van der Waals surface area (Å²) in [5, 5.41) is 2.78. The minimum atomic E-state index is -4.36. The van der Waals surface area contributed by atoms with Gasteiger partial charge in [0.25, 0.3) is 15.9 Å². The lowest BCUT2D eigenvalue weighted by atomic mass is 10.0. The number of benzene rings is 3. The number of anilines is 1. The first-order chi connectivity index (χ1) is 17.7. The molecule has 194 valence electrons. The lowest BCUT2D eigenvalue weighted by Gasteiger charge is -2.33. The fourth-order valence-electron chi connectivity index (χ4n) is 4.39. The summed E-state index contributed by atoms with van der Waals surface area (Å²) in [5.74, 6) is -0.619. The van der Waals surface area contributed by atoms with Crippen LogP contribution in [0.3, 0.4) is 0 Å². The van der Waals surface area contributed by atoms with Crippen LogP contribution in [0, 0.1) is 5.82 Å². The maximum atomic E-state index is 14.6. The van der Waals surface area contributed by atoms with Crippen LogP contribution in [0.2, 0.25) is 0 Å². The Kier molecular flexibility index (Phi) is 7.54. The fourth-order valence-corrected chi connectivity index (χ4v) is 6.14. The Morgan fingerprint density at radius 1 is 1.00 bits per heavy atom. The largest absolute Gasteiger partial charge is 0.493 e. The Balaban J connectivity index is 1.79. The van der Waals surface area contributed by atoms with Crippen molar-refractivity contribution >= 4 is 27.2 Å². The highest BCUT2D eigenvalue weighted by Crippen LogP contribution is 2.45. The second kappa shape index (κ2) is 10.6. The zero-order valence-corrected chi connectivity index (χ0v) is 21.9. The Morgan fingerprint density at radius 3 is 2.27 bits per heavy atom. The predicted octanol–water partition coefficient (Wildman–Crippen LogP) is 4.84. The number of carbonyl (C=O) groups excluding carboxylic acids is 1. The van der Waals surface area contributed by atoms with Gasteiger partial charge in [0.2, 0.25) is 0 Å². The molecular weight excluding hydrogens is 495 g/mol. The molecule has 0 aromatic heterocycles. The van der Waals surface area contributed by atoms with Crippen LogP contribution in [-0.4, -0.2) is 35.1 Å². The fraction of sp³-hybridized carbons (Fsp3) is 0.250. The number of sulfonamides is 1. The molecule has 0 fully saturated rings. The summed E-state index contributed by atoms with van der Waals surface area (Å²) in [4.78, 5) is 13.0. The molecule has 0 saturated heterocycles. The first-order valence-corrected chi connectivity index (χ1v) is 13.2. The number of carbonyl (C=O) groups is 1. The number of rotatable bonds is 8. The van der Waals surface area contributed by atoms with E-state index in [4.69, 9.17) is 9.47 Å². The Bertz CT molecular complexity index is 1450. The predicted molar refractivity (Wildman–Crippen MR) is 142 cm³/mol. The SMILES string of the molecule is COc1cc2c(cc1OC)N(Cc1ccccc1F)S(=O)(=O)C(C(=O)NC[C@@H](C)c1ccccc1)=C2C. The van der Waals surface area contributed by atoms with Crippen molar-refractivity contribution in [1.29, 1.82) is 0 Å². The quantitative estimate of drug-likeness (QED) is 0.456. The van der Waals surface area contributed by atoms with Gasteiger partial charge in [0.05, 0.1) is 26.5 Å². The highest BCUT2D eigenvalue weighted by Gasteiger charge is 2.40. The van der Waals surface area contributed by atoms with Crippen LogP contribution < -0.4 is 19.1 Å². The van der Waals surface area contributed by atoms with E-state index in [1.54, 1.807) is 19.1 Å². The van der Waals surface area contributed by atoms with E-state index in [9.17, 15) is 17.6 Å². The Labute approximate surface area is 216 Å². The number of methoxy groups -OCH3 is 2. The Hall–Kier alpha value is -3.85. The summed E-state index contributed by atoms with van der Waals surface area (Å²) in [6.45, 7) is 3.46. The number of hydrogen-bond donors (Lipinski definition) is 1. The van der Waals surface area contributed by atoms with Gasteiger partial charge in [-0.1, -0.05) is 55.5 Å². The van der Waals surface area contributed by atoms with Gasteiger partial charge in [-0.2, -0.15) is 0 Å². The molecule has 0 spiro atoms. The molecular formula is C28H29FN2O5S. The lowest BCUT2D eigenvalue weighted by molar-refractivity contribution is -0.116. The molecule has 37 heavy (non-hydrogen) atoms. The average Bonchev–Trinajstić information content (AvgIpc) is 2.90. The summed E-state index contributed by atoms with van der Waals surface area (Å²) >= 11 is 0. The van der Waals surface area contributed by atoms with Gasteiger partial charge in [-0.3, -0.25) is 9.10 Å². The number of hydrogen-bond acceptors (Lipinski definition) is 5. The second-order valence-electron chi connectivity index (χ2n) is 8.80. The molecule has 0 bridgehead atoms. The van der Waals surface area contributed by atoms with E-state index < -0.39 is 21.7 Å². The number of allylic oxidation sites excluding steroid dienone is 1. The number of fused-ring (bicyclic) bond motifs is 1. The minimum absolute atomic E-state index is 0.0384. The maximum absolute atomic E-state index is 14.6. The van der Waals surface area contributed by atoms with Gasteiger partial charge >= 0.3 is 0 Å². The van der Waals surface area contributed by atoms with Gasteiger partial charge in [-0.15, -0.1) is 0 Å². The van der Waals surface area contributed by atoms with E-state index in [1.165, 1.54) is 38.5 Å². The molecule has 1 heterocycles. The molecule has 3 aromatic rings. The summed E-state index contributed by atoms with van der Waals surface area (Å²) in [6.07, 6.45) is 0. The third kappa shape index (κ3) is 5.04. The van der Waals surface area contributed by atoms with Crippen molar-refractivity contribution in [2.24, 2.45) is 0 Å². The molecule has 7 nitrogen and oxygen atoms in total. The lowest BCUT2D eigenvalue weighted by Crippen LogP contribution is -2.41. The van der Waals surface area contributed by atoms with Gasteiger partial charge in [-0.05, 0) is 36.1 Å². The van der Waals surface area contributed by atoms with Gasteiger partial charge < -0.3 is 14.8 Å². The summed E-state index contributed by atoms with van der Waals surface area (Å²) < 4.78 is 54.3. The van der Waals surface area contributed by atoms with Crippen LogP contribution >= 0.6 is 0 Å². The van der Waals surface area contributed by atoms with Crippen LogP contribution in [0.5, 0.6) is 11.5 Å². The van der Waals surface area contributed by atoms with Crippen molar-refractivity contribution in [1.82, 2.24) is 5.32 Å². The van der Waals surface area contributed by atoms with E-state index in [-0.39, 0.29) is 40.7 Å². The third-order valence-electron chi connectivity index (χ3n) is 6.48. The third-order valence-corrected chi connectivity index (χ3v) is 8.39. The molecule has 1 aliphatic rings. The van der Waals surface area contributed by atoms with Crippen molar-refractivity contribution in [2.45, 2.75) is 26.3 Å². The molecule has 0 saturated carbocycles. The zero-order valence-electron chi connectivity index (χ0n) is 21.1. The number of ether oxygens (including phenoxy) is 2. The molecule has 0 radical (unpaired) electrons. The average molecular weight is 525 g/mol. The number of nitrogens with zero attached hydrogens (tertiary/aromatic N) is 1. The number of amides is 1. The highest BCUT2D eigenvalue weighted by molar-refractivity contribution is 7.97. The first-order valence-electron chi connectivity index (χ1n) is 11.8. The van der Waals surface area contributed by atoms with Crippen LogP contribution in [0.15, 0.2) is 71.6 Å². The maximum Gasteiger partial charge on any atom is 0.270 e. The molecule has 0 unspecified atom stereocenters. The minimum Gasteiger partial charge on any atom is -0.493 e. The molecule has 4 rings (SSSR count). The van der Waals surface area contributed by atoms with E-state index >= 15 is 0 Å². The number of halogens is 1. The van der Waals surface area contributed by atoms with Crippen LogP contribution in [0.4, 0.5) is 10.1 Å². The van der Waals surface area contributed by atoms with E-state index in [0.717, 1.165) is 9.87 Å². The number of nitrogens with one attached hydrogen (secondary N) is 1. The standard InChI is InChI=1S/C28H29FN2O5S/c1-18(20-10-6-5-7-11-20)16-30-28(32)27-19(2)22-14-25(35-3)26(36-4)15-24(22)31(37(27,33)34)17-21-12-8-9-13-23(21)29/h5-15,18H,16-17H2,1-4H3,(H,30,32)/t18-/m1/s1. The van der Waals surface area contributed by atoms with E-state index in [0.29, 0.717) is 17.1 Å². The Morgan fingerprint density at radius 2 is 1.62 bits per heavy atom. The zero-order chi connectivity index (χ0) is 26.7. The van der Waals surface area contributed by atoms with Gasteiger partial charge in [0, 0.05) is 23.7 Å². The molecule has 0 aliphatic carbocycles. The molecule has 3 aromatic carbocycles. The second-order valence-corrected chi connectivity index (χ2v) is 10.6. The van der Waals surface area contributed by atoms with Crippen molar-refractivity contribution in [3.8, 4) is 11.5 Å². The first kappa shape index (κ1) is 26.2. The summed E-state index contributed by atoms with van der Waals surface area (Å²) in [7, 11) is -1.45. The molecule has 1 amide bonds. The van der Waals surface area contributed by atoms with E-state index in [2.05, 4.69) is 5.32 Å². The van der Waals surface area contributed by atoms with Crippen molar-refractivity contribution in [2.75, 3.05) is 25.1 Å². The van der Waals surface area contributed by atoms with Crippen LogP contribution in [-0.2, 0) is 21.4 Å². The van der Waals surface area contributed by atoms with Crippen LogP contribution in [0.1, 0.15) is 36.5 Å². The van der Waals surface area contributed by atoms with Crippen LogP contribution in [0.25, 0.3) is 5.57 Å². The topological polar surface area (TPSA) is 84.9 Å². The van der Waals surface area contributed by atoms with Gasteiger partial charge in [0.15, 0.2) is 16.4 Å². The monoisotopic (exact) mass is 524 g/mol. The van der Waals surface area contributed by atoms with Crippen molar-refractivity contribution in [3.05, 3.63) is 94.1 Å². The normalized spacial score (nSPS) is 15.1. The van der Waals surface area contributed by atoms with E-state index in [1.807, 2.05) is 37.3 Å². The van der Waals surface area contributed by atoms with Gasteiger partial charge in [-0.25, -0.2) is 12.8 Å². The molecule has 1 aliphatic heterocycles. The summed E-state index contributed by atoms with van der Waals surface area (Å²) in [5.41, 5.74) is 2.20. The molecule has 1 atom stereocenters. The van der Waals surface area contributed by atoms with Crippen molar-refractivity contribution < 1.29 is 27.1 Å². The highest BCUT2D eigenvalue weighted by atomic mass is 32.2. The molecule has 9 heteroatoms. The molecule has 1 N–H and O–H groups in total. The van der Waals surface area contributed by atoms with Crippen molar-refractivity contribution in [3.63, 3.8) is 0 Å². The summed E-state index contributed by atoms with van der Waals surface area (Å²) in [6, 6.07) is 18.7.